The maximum Gasteiger partial charge on any atom is 0.127 e. The van der Waals surface area contributed by atoms with Crippen LogP contribution in [0.2, 0.25) is 0 Å². The molecule has 0 bridgehead atoms. The molecule has 1 atom stereocenters. The summed E-state index contributed by atoms with van der Waals surface area (Å²) in [6.45, 7) is 1.99. The second-order valence-corrected chi connectivity index (χ2v) is 5.58. The molecule has 1 unspecified atom stereocenters. The third-order valence-corrected chi connectivity index (χ3v) is 3.52. The number of benzene rings is 1. The van der Waals surface area contributed by atoms with Crippen LogP contribution in [0.25, 0.3) is 0 Å². The molecule has 0 aliphatic heterocycles. The van der Waals surface area contributed by atoms with Crippen molar-refractivity contribution < 1.29 is 4.39 Å². The van der Waals surface area contributed by atoms with Crippen LogP contribution in [0.1, 0.15) is 18.9 Å². The fourth-order valence-electron chi connectivity index (χ4n) is 1.11. The fourth-order valence-corrected chi connectivity index (χ4v) is 2.64. The number of halogens is 2. The normalized spacial score (nSPS) is 12.8. The van der Waals surface area contributed by atoms with E-state index >= 15 is 0 Å². The van der Waals surface area contributed by atoms with Crippen LogP contribution in [0.4, 0.5) is 4.39 Å². The molecule has 84 valence electrons. The van der Waals surface area contributed by atoms with E-state index in [-0.39, 0.29) is 11.9 Å². The average molecular weight is 292 g/mol. The van der Waals surface area contributed by atoms with Crippen LogP contribution in [0.15, 0.2) is 22.7 Å². The molecule has 0 amide bonds. The Balaban J connectivity index is 2.40. The predicted molar refractivity (Wildman–Crippen MR) is 68.5 cm³/mol. The number of rotatable bonds is 5. The highest BCUT2D eigenvalue weighted by atomic mass is 79.9. The molecular weight excluding hydrogens is 277 g/mol. The van der Waals surface area contributed by atoms with Gasteiger partial charge in [0.15, 0.2) is 0 Å². The number of nitrogens with two attached hydrogens (primary N) is 1. The van der Waals surface area contributed by atoms with Gasteiger partial charge in [-0.3, -0.25) is 0 Å². The molecule has 1 aromatic carbocycles. The van der Waals surface area contributed by atoms with E-state index < -0.39 is 0 Å². The van der Waals surface area contributed by atoms with Crippen molar-refractivity contribution in [3.05, 3.63) is 34.1 Å². The second kappa shape index (κ2) is 6.51. The zero-order chi connectivity index (χ0) is 11.3. The van der Waals surface area contributed by atoms with Gasteiger partial charge < -0.3 is 5.73 Å². The Morgan fingerprint density at radius 3 is 2.93 bits per heavy atom. The lowest BCUT2D eigenvalue weighted by atomic mass is 10.2. The monoisotopic (exact) mass is 291 g/mol. The Morgan fingerprint density at radius 2 is 2.27 bits per heavy atom. The molecule has 0 aliphatic rings. The lowest BCUT2D eigenvalue weighted by Gasteiger charge is -2.06. The van der Waals surface area contributed by atoms with Gasteiger partial charge in [0.2, 0.25) is 0 Å². The summed E-state index contributed by atoms with van der Waals surface area (Å²) in [5, 5.41) is 0. The molecule has 4 heteroatoms. The predicted octanol–water partition coefficient (Wildman–Crippen LogP) is 3.56. The summed E-state index contributed by atoms with van der Waals surface area (Å²) >= 11 is 5.05. The van der Waals surface area contributed by atoms with Crippen LogP contribution in [0.5, 0.6) is 0 Å². The van der Waals surface area contributed by atoms with Crippen LogP contribution >= 0.6 is 27.7 Å². The van der Waals surface area contributed by atoms with E-state index in [2.05, 4.69) is 15.9 Å². The third kappa shape index (κ3) is 5.00. The zero-order valence-corrected chi connectivity index (χ0v) is 11.1. The van der Waals surface area contributed by atoms with E-state index in [0.29, 0.717) is 5.75 Å². The molecule has 1 aromatic rings. The molecule has 0 heterocycles. The average Bonchev–Trinajstić information content (AvgIpc) is 2.17. The van der Waals surface area contributed by atoms with Crippen molar-refractivity contribution in [2.75, 3.05) is 5.75 Å². The summed E-state index contributed by atoms with van der Waals surface area (Å²) in [6, 6.07) is 5.26. The quantitative estimate of drug-likeness (QED) is 0.840. The molecule has 1 rings (SSSR count). The van der Waals surface area contributed by atoms with Gasteiger partial charge in [0.25, 0.3) is 0 Å². The van der Waals surface area contributed by atoms with E-state index in [1.165, 1.54) is 6.07 Å². The summed E-state index contributed by atoms with van der Waals surface area (Å²) in [5.74, 6) is 1.55. The Labute approximate surface area is 103 Å². The molecule has 0 fully saturated rings. The maximum atomic E-state index is 13.3. The van der Waals surface area contributed by atoms with E-state index in [1.54, 1.807) is 17.8 Å². The van der Waals surface area contributed by atoms with E-state index in [1.807, 2.05) is 13.0 Å². The minimum atomic E-state index is -0.133. The highest BCUT2D eigenvalue weighted by molar-refractivity contribution is 9.10. The van der Waals surface area contributed by atoms with Crippen LogP contribution in [0.3, 0.4) is 0 Å². The van der Waals surface area contributed by atoms with Gasteiger partial charge in [-0.15, -0.1) is 0 Å². The first-order chi connectivity index (χ1) is 7.09. The minimum absolute atomic E-state index is 0.133. The third-order valence-electron chi connectivity index (χ3n) is 1.98. The molecule has 0 radical (unpaired) electrons. The highest BCUT2D eigenvalue weighted by Crippen LogP contribution is 2.20. The van der Waals surface area contributed by atoms with Crippen molar-refractivity contribution in [1.29, 1.82) is 0 Å². The second-order valence-electron chi connectivity index (χ2n) is 3.55. The van der Waals surface area contributed by atoms with Gasteiger partial charge in [0.05, 0.1) is 0 Å². The number of hydrogen-bond donors (Lipinski definition) is 1. The molecule has 2 N–H and O–H groups in total. The molecule has 1 nitrogen and oxygen atoms in total. The van der Waals surface area contributed by atoms with Crippen molar-refractivity contribution in [3.63, 3.8) is 0 Å². The van der Waals surface area contributed by atoms with Crippen molar-refractivity contribution in [1.82, 2.24) is 0 Å². The van der Waals surface area contributed by atoms with Crippen molar-refractivity contribution in [2.45, 2.75) is 25.1 Å². The summed E-state index contributed by atoms with van der Waals surface area (Å²) in [6.07, 6.45) is 0.973. The van der Waals surface area contributed by atoms with E-state index in [0.717, 1.165) is 22.2 Å². The first-order valence-electron chi connectivity index (χ1n) is 4.87. The topological polar surface area (TPSA) is 26.0 Å². The van der Waals surface area contributed by atoms with Crippen LogP contribution in [-0.2, 0) is 5.75 Å². The molecular formula is C11H15BrFNS. The molecule has 0 aliphatic carbocycles. The molecule has 15 heavy (non-hydrogen) atoms. The Hall–Kier alpha value is -0.0600. The van der Waals surface area contributed by atoms with Crippen LogP contribution < -0.4 is 5.73 Å². The van der Waals surface area contributed by atoms with Crippen LogP contribution in [-0.4, -0.2) is 11.8 Å². The summed E-state index contributed by atoms with van der Waals surface area (Å²) in [4.78, 5) is 0. The van der Waals surface area contributed by atoms with Gasteiger partial charge in [-0.2, -0.15) is 11.8 Å². The first kappa shape index (κ1) is 13.0. The van der Waals surface area contributed by atoms with E-state index in [9.17, 15) is 4.39 Å². The first-order valence-corrected chi connectivity index (χ1v) is 6.81. The Bertz CT molecular complexity index is 317. The lowest BCUT2D eigenvalue weighted by Crippen LogP contribution is -2.15. The fraction of sp³-hybridized carbons (Fsp3) is 0.455. The van der Waals surface area contributed by atoms with Crippen LogP contribution in [0, 0.1) is 5.82 Å². The molecule has 0 spiro atoms. The summed E-state index contributed by atoms with van der Waals surface area (Å²) in [5.41, 5.74) is 6.38. The standard InChI is InChI=1S/C11H15BrFNS/c1-8(14)4-5-15-7-9-6-10(12)2-3-11(9)13/h2-3,6,8H,4-5,7,14H2,1H3. The van der Waals surface area contributed by atoms with Crippen molar-refractivity contribution in [3.8, 4) is 0 Å². The maximum absolute atomic E-state index is 13.3. The molecule has 0 saturated carbocycles. The Morgan fingerprint density at radius 1 is 1.53 bits per heavy atom. The summed E-state index contributed by atoms with van der Waals surface area (Å²) < 4.78 is 14.2. The van der Waals surface area contributed by atoms with Gasteiger partial charge in [-0.1, -0.05) is 15.9 Å². The SMILES string of the molecule is CC(N)CCSCc1cc(Br)ccc1F. The van der Waals surface area contributed by atoms with Gasteiger partial charge >= 0.3 is 0 Å². The van der Waals surface area contributed by atoms with Crippen molar-refractivity contribution >= 4 is 27.7 Å². The number of hydrogen-bond acceptors (Lipinski definition) is 2. The van der Waals surface area contributed by atoms with Gasteiger partial charge in [-0.05, 0) is 42.9 Å². The van der Waals surface area contributed by atoms with Crippen molar-refractivity contribution in [2.24, 2.45) is 5.73 Å². The largest absolute Gasteiger partial charge is 0.328 e. The summed E-state index contributed by atoms with van der Waals surface area (Å²) in [7, 11) is 0. The molecule has 0 aromatic heterocycles. The van der Waals surface area contributed by atoms with E-state index in [4.69, 9.17) is 5.73 Å². The zero-order valence-electron chi connectivity index (χ0n) is 8.67. The minimum Gasteiger partial charge on any atom is -0.328 e. The smallest absolute Gasteiger partial charge is 0.127 e. The number of thioether (sulfide) groups is 1. The molecule has 0 saturated heterocycles. The van der Waals surface area contributed by atoms with Gasteiger partial charge in [0, 0.05) is 16.3 Å². The van der Waals surface area contributed by atoms with Gasteiger partial charge in [0.1, 0.15) is 5.82 Å². The highest BCUT2D eigenvalue weighted by Gasteiger charge is 2.03. The lowest BCUT2D eigenvalue weighted by molar-refractivity contribution is 0.617. The Kier molecular flexibility index (Phi) is 5.64. The van der Waals surface area contributed by atoms with Gasteiger partial charge in [-0.25, -0.2) is 4.39 Å².